The van der Waals surface area contributed by atoms with E-state index in [1.165, 1.54) is 12.8 Å². The molecule has 0 amide bonds. The number of likely N-dealkylation sites (N-methyl/N-ethyl adjacent to an activating group) is 1. The fourth-order valence-electron chi connectivity index (χ4n) is 2.07. The molecule has 0 bridgehead atoms. The Morgan fingerprint density at radius 1 is 1.16 bits per heavy atom. The number of rotatable bonds is 9. The molecule has 19 heavy (non-hydrogen) atoms. The summed E-state index contributed by atoms with van der Waals surface area (Å²) >= 11 is 0. The van der Waals surface area contributed by atoms with Crippen LogP contribution in [0.25, 0.3) is 0 Å². The molecular weight excluding hydrogens is 242 g/mol. The normalized spacial score (nSPS) is 17.6. The first-order chi connectivity index (χ1) is 9.22. The molecule has 0 unspecified atom stereocenters. The van der Waals surface area contributed by atoms with Crippen LogP contribution in [0, 0.1) is 0 Å². The van der Waals surface area contributed by atoms with Crippen molar-refractivity contribution >= 4 is 5.97 Å². The molecule has 0 aromatic carbocycles. The summed E-state index contributed by atoms with van der Waals surface area (Å²) in [5.74, 6) is -0.0851. The van der Waals surface area contributed by atoms with Gasteiger partial charge in [0.15, 0.2) is 0 Å². The monoisotopic (exact) mass is 271 g/mol. The van der Waals surface area contributed by atoms with E-state index in [1.807, 2.05) is 0 Å². The smallest absolute Gasteiger partial charge is 0.307 e. The third kappa shape index (κ3) is 8.18. The predicted molar refractivity (Wildman–Crippen MR) is 76.8 cm³/mol. The van der Waals surface area contributed by atoms with E-state index < -0.39 is 0 Å². The third-order valence-corrected chi connectivity index (χ3v) is 3.43. The molecule has 112 valence electrons. The molecule has 1 fully saturated rings. The number of hydrazine groups is 1. The predicted octanol–water partition coefficient (Wildman–Crippen LogP) is 1.25. The number of nitrogens with zero attached hydrogens (tertiary/aromatic N) is 2. The van der Waals surface area contributed by atoms with Crippen molar-refractivity contribution in [3.63, 3.8) is 0 Å². The highest BCUT2D eigenvalue weighted by molar-refractivity contribution is 5.69. The zero-order valence-corrected chi connectivity index (χ0v) is 12.5. The number of esters is 1. The minimum Gasteiger partial charge on any atom is -0.466 e. The Labute approximate surface area is 117 Å². The first-order valence-corrected chi connectivity index (χ1v) is 7.55. The molecule has 0 aromatic rings. The summed E-state index contributed by atoms with van der Waals surface area (Å²) in [5, 5.41) is 2.19. The summed E-state index contributed by atoms with van der Waals surface area (Å²) in [5.41, 5.74) is 3.29. The van der Waals surface area contributed by atoms with Crippen LogP contribution in [-0.2, 0) is 9.53 Å². The van der Waals surface area contributed by atoms with E-state index in [4.69, 9.17) is 4.74 Å². The van der Waals surface area contributed by atoms with E-state index in [0.717, 1.165) is 39.0 Å². The summed E-state index contributed by atoms with van der Waals surface area (Å²) in [7, 11) is 2.13. The number of carbonyl (C=O) groups is 1. The Morgan fingerprint density at radius 2 is 1.89 bits per heavy atom. The standard InChI is InChI=1S/C14H29N3O2/c1-3-4-5-6-13-19-14(18)7-8-15-17-11-9-16(2)10-12-17/h15H,3-13H2,1-2H3. The van der Waals surface area contributed by atoms with Crippen molar-refractivity contribution in [2.75, 3.05) is 46.4 Å². The van der Waals surface area contributed by atoms with Gasteiger partial charge in [-0.05, 0) is 13.5 Å². The molecule has 1 saturated heterocycles. The van der Waals surface area contributed by atoms with Crippen LogP contribution in [0.15, 0.2) is 0 Å². The molecule has 0 spiro atoms. The van der Waals surface area contributed by atoms with Crippen LogP contribution in [0.3, 0.4) is 0 Å². The molecule has 0 aromatic heterocycles. The Bertz CT molecular complexity index is 241. The minimum absolute atomic E-state index is 0.0851. The molecule has 0 saturated carbocycles. The maximum absolute atomic E-state index is 11.5. The summed E-state index contributed by atoms with van der Waals surface area (Å²) < 4.78 is 5.19. The van der Waals surface area contributed by atoms with E-state index in [2.05, 4.69) is 29.3 Å². The Kier molecular flexibility index (Phi) is 8.79. The van der Waals surface area contributed by atoms with E-state index in [9.17, 15) is 4.79 Å². The number of hydrogen-bond donors (Lipinski definition) is 1. The highest BCUT2D eigenvalue weighted by Crippen LogP contribution is 2.00. The molecule has 1 aliphatic rings. The number of piperazine rings is 1. The third-order valence-electron chi connectivity index (χ3n) is 3.43. The van der Waals surface area contributed by atoms with Gasteiger partial charge in [-0.15, -0.1) is 0 Å². The van der Waals surface area contributed by atoms with Crippen LogP contribution in [0.4, 0.5) is 0 Å². The lowest BCUT2D eigenvalue weighted by Crippen LogP contribution is -2.51. The van der Waals surface area contributed by atoms with Gasteiger partial charge in [-0.2, -0.15) is 0 Å². The largest absolute Gasteiger partial charge is 0.466 e. The molecule has 0 aliphatic carbocycles. The van der Waals surface area contributed by atoms with Crippen LogP contribution in [0.5, 0.6) is 0 Å². The second kappa shape index (κ2) is 10.2. The fraction of sp³-hybridized carbons (Fsp3) is 0.929. The quantitative estimate of drug-likeness (QED) is 0.505. The van der Waals surface area contributed by atoms with Gasteiger partial charge in [0, 0.05) is 32.7 Å². The Hall–Kier alpha value is -0.650. The molecular formula is C14H29N3O2. The first kappa shape index (κ1) is 16.4. The van der Waals surface area contributed by atoms with Gasteiger partial charge in [0.05, 0.1) is 13.0 Å². The van der Waals surface area contributed by atoms with Crippen LogP contribution < -0.4 is 5.43 Å². The molecule has 1 aliphatic heterocycles. The van der Waals surface area contributed by atoms with Crippen molar-refractivity contribution in [2.45, 2.75) is 39.0 Å². The van der Waals surface area contributed by atoms with Crippen molar-refractivity contribution in [2.24, 2.45) is 0 Å². The van der Waals surface area contributed by atoms with Gasteiger partial charge >= 0.3 is 5.97 Å². The number of ether oxygens (including phenoxy) is 1. The van der Waals surface area contributed by atoms with Gasteiger partial charge < -0.3 is 9.64 Å². The van der Waals surface area contributed by atoms with E-state index in [-0.39, 0.29) is 5.97 Å². The van der Waals surface area contributed by atoms with Crippen molar-refractivity contribution in [3.05, 3.63) is 0 Å². The fourth-order valence-corrected chi connectivity index (χ4v) is 2.07. The van der Waals surface area contributed by atoms with Gasteiger partial charge in [-0.3, -0.25) is 10.2 Å². The van der Waals surface area contributed by atoms with Crippen molar-refractivity contribution in [3.8, 4) is 0 Å². The topological polar surface area (TPSA) is 44.8 Å². The molecule has 1 heterocycles. The van der Waals surface area contributed by atoms with Gasteiger partial charge in [-0.25, -0.2) is 5.01 Å². The molecule has 5 nitrogen and oxygen atoms in total. The number of hydrogen-bond acceptors (Lipinski definition) is 5. The Balaban J connectivity index is 1.92. The van der Waals surface area contributed by atoms with Gasteiger partial charge in [0.25, 0.3) is 0 Å². The maximum atomic E-state index is 11.5. The summed E-state index contributed by atoms with van der Waals surface area (Å²) in [6.07, 6.45) is 5.04. The lowest BCUT2D eigenvalue weighted by atomic mass is 10.2. The highest BCUT2D eigenvalue weighted by atomic mass is 16.5. The van der Waals surface area contributed by atoms with E-state index >= 15 is 0 Å². The van der Waals surface area contributed by atoms with Crippen LogP contribution in [-0.4, -0.2) is 62.3 Å². The average molecular weight is 271 g/mol. The zero-order chi connectivity index (χ0) is 13.9. The second-order valence-electron chi connectivity index (χ2n) is 5.23. The Morgan fingerprint density at radius 3 is 2.58 bits per heavy atom. The van der Waals surface area contributed by atoms with Crippen molar-refractivity contribution < 1.29 is 9.53 Å². The number of nitrogens with one attached hydrogen (secondary N) is 1. The first-order valence-electron chi connectivity index (χ1n) is 7.55. The summed E-state index contributed by atoms with van der Waals surface area (Å²) in [4.78, 5) is 13.8. The van der Waals surface area contributed by atoms with E-state index in [1.54, 1.807) is 0 Å². The SMILES string of the molecule is CCCCCCOC(=O)CCNN1CCN(C)CC1. The van der Waals surface area contributed by atoms with Crippen molar-refractivity contribution in [1.29, 1.82) is 0 Å². The van der Waals surface area contributed by atoms with Crippen LogP contribution >= 0.6 is 0 Å². The number of carbonyl (C=O) groups excluding carboxylic acids is 1. The van der Waals surface area contributed by atoms with Gasteiger partial charge in [0.1, 0.15) is 0 Å². The molecule has 0 radical (unpaired) electrons. The molecule has 0 atom stereocenters. The lowest BCUT2D eigenvalue weighted by molar-refractivity contribution is -0.143. The molecule has 1 N–H and O–H groups in total. The molecule has 5 heteroatoms. The summed E-state index contributed by atoms with van der Waals surface area (Å²) in [6.45, 7) is 7.62. The minimum atomic E-state index is -0.0851. The van der Waals surface area contributed by atoms with Gasteiger partial charge in [-0.1, -0.05) is 26.2 Å². The zero-order valence-electron chi connectivity index (χ0n) is 12.5. The van der Waals surface area contributed by atoms with Crippen LogP contribution in [0.1, 0.15) is 39.0 Å². The van der Waals surface area contributed by atoms with Crippen LogP contribution in [0.2, 0.25) is 0 Å². The number of unbranched alkanes of at least 4 members (excludes halogenated alkanes) is 3. The average Bonchev–Trinajstić information content (AvgIpc) is 2.41. The maximum Gasteiger partial charge on any atom is 0.307 e. The van der Waals surface area contributed by atoms with Gasteiger partial charge in [0.2, 0.25) is 0 Å². The lowest BCUT2D eigenvalue weighted by Gasteiger charge is -2.32. The van der Waals surface area contributed by atoms with Crippen molar-refractivity contribution in [1.82, 2.24) is 15.3 Å². The highest BCUT2D eigenvalue weighted by Gasteiger charge is 2.13. The second-order valence-corrected chi connectivity index (χ2v) is 5.23. The van der Waals surface area contributed by atoms with E-state index in [0.29, 0.717) is 19.6 Å². The summed E-state index contributed by atoms with van der Waals surface area (Å²) in [6, 6.07) is 0. The molecule has 1 rings (SSSR count).